The Balaban J connectivity index is 1.84. The van der Waals surface area contributed by atoms with Crippen molar-refractivity contribution in [1.29, 1.82) is 0 Å². The maximum Gasteiger partial charge on any atom is 0.227 e. The zero-order valence-electron chi connectivity index (χ0n) is 15.8. The molecule has 6 nitrogen and oxygen atoms in total. The molecule has 1 amide bonds. The van der Waals surface area contributed by atoms with Crippen molar-refractivity contribution in [3.8, 4) is 0 Å². The molecule has 1 aromatic carbocycles. The molecule has 138 valence electrons. The van der Waals surface area contributed by atoms with Crippen LogP contribution in [0, 0.1) is 6.92 Å². The lowest BCUT2D eigenvalue weighted by Gasteiger charge is -2.34. The van der Waals surface area contributed by atoms with Gasteiger partial charge in [0, 0.05) is 50.5 Å². The molecular formula is C20H27N5O. The maximum atomic E-state index is 10.9. The predicted octanol–water partition coefficient (Wildman–Crippen LogP) is 2.48. The first-order chi connectivity index (χ1) is 12.6. The molecule has 0 unspecified atom stereocenters. The summed E-state index contributed by atoms with van der Waals surface area (Å²) in [6, 6.07) is 12.8. The van der Waals surface area contributed by atoms with E-state index in [0.29, 0.717) is 19.1 Å². The summed E-state index contributed by atoms with van der Waals surface area (Å²) in [5.41, 5.74) is 2.22. The van der Waals surface area contributed by atoms with E-state index in [9.17, 15) is 4.79 Å². The van der Waals surface area contributed by atoms with Crippen molar-refractivity contribution in [3.05, 3.63) is 47.7 Å². The molecule has 1 aromatic heterocycles. The molecule has 26 heavy (non-hydrogen) atoms. The van der Waals surface area contributed by atoms with Crippen molar-refractivity contribution in [2.75, 3.05) is 36.0 Å². The van der Waals surface area contributed by atoms with Gasteiger partial charge in [0.05, 0.1) is 0 Å². The number of carbonyl (C=O) groups excluding carboxylic acids is 1. The third-order valence-electron chi connectivity index (χ3n) is 4.69. The van der Waals surface area contributed by atoms with Gasteiger partial charge in [-0.05, 0) is 26.3 Å². The summed E-state index contributed by atoms with van der Waals surface area (Å²) in [6.07, 6.45) is 0.917. The number of rotatable bonds is 6. The smallest absolute Gasteiger partial charge is 0.227 e. The molecule has 0 aliphatic carbocycles. The van der Waals surface area contributed by atoms with Crippen molar-refractivity contribution in [2.45, 2.75) is 33.4 Å². The number of piperazine rings is 1. The summed E-state index contributed by atoms with van der Waals surface area (Å²) in [4.78, 5) is 26.7. The van der Waals surface area contributed by atoms with E-state index >= 15 is 0 Å². The van der Waals surface area contributed by atoms with Crippen LogP contribution in [-0.2, 0) is 11.3 Å². The number of nitrogens with zero attached hydrogens (tertiary/aromatic N) is 5. The molecular weight excluding hydrogens is 326 g/mol. The van der Waals surface area contributed by atoms with Crippen LogP contribution in [0.3, 0.4) is 0 Å². The molecule has 2 aromatic rings. The zero-order valence-corrected chi connectivity index (χ0v) is 15.8. The Morgan fingerprint density at radius 2 is 1.81 bits per heavy atom. The summed E-state index contributed by atoms with van der Waals surface area (Å²) in [6.45, 7) is 10.2. The van der Waals surface area contributed by atoms with Gasteiger partial charge in [0.15, 0.2) is 0 Å². The van der Waals surface area contributed by atoms with E-state index < -0.39 is 0 Å². The third kappa shape index (κ3) is 4.31. The number of aromatic nitrogens is 2. The van der Waals surface area contributed by atoms with Gasteiger partial charge in [-0.1, -0.05) is 30.3 Å². The van der Waals surface area contributed by atoms with Gasteiger partial charge in [-0.3, -0.25) is 4.79 Å². The zero-order chi connectivity index (χ0) is 18.5. The first-order valence-electron chi connectivity index (χ1n) is 9.17. The van der Waals surface area contributed by atoms with Gasteiger partial charge < -0.3 is 14.7 Å². The largest absolute Gasteiger partial charge is 0.350 e. The van der Waals surface area contributed by atoms with E-state index in [1.165, 1.54) is 5.56 Å². The molecule has 2 heterocycles. The van der Waals surface area contributed by atoms with Crippen molar-refractivity contribution in [2.24, 2.45) is 0 Å². The lowest BCUT2D eigenvalue weighted by Crippen LogP contribution is -2.46. The lowest BCUT2D eigenvalue weighted by molar-refractivity contribution is -0.118. The molecule has 0 bridgehead atoms. The summed E-state index contributed by atoms with van der Waals surface area (Å²) in [5.74, 6) is 1.70. The van der Waals surface area contributed by atoms with Crippen LogP contribution in [0.15, 0.2) is 36.4 Å². The van der Waals surface area contributed by atoms with Gasteiger partial charge in [-0.15, -0.1) is 0 Å². The fourth-order valence-corrected chi connectivity index (χ4v) is 3.16. The summed E-state index contributed by atoms with van der Waals surface area (Å²) in [5, 5.41) is 0. The van der Waals surface area contributed by atoms with Crippen LogP contribution in [0.4, 0.5) is 11.8 Å². The number of anilines is 2. The number of hydrogen-bond donors (Lipinski definition) is 0. The molecule has 6 heteroatoms. The highest BCUT2D eigenvalue weighted by molar-refractivity contribution is 5.50. The minimum Gasteiger partial charge on any atom is -0.350 e. The Hall–Kier alpha value is -2.63. The van der Waals surface area contributed by atoms with Crippen LogP contribution in [0.1, 0.15) is 25.1 Å². The quantitative estimate of drug-likeness (QED) is 0.747. The summed E-state index contributed by atoms with van der Waals surface area (Å²) >= 11 is 0. The van der Waals surface area contributed by atoms with Gasteiger partial charge in [0.2, 0.25) is 12.4 Å². The van der Waals surface area contributed by atoms with Crippen molar-refractivity contribution < 1.29 is 4.79 Å². The summed E-state index contributed by atoms with van der Waals surface area (Å²) in [7, 11) is 0. The highest BCUT2D eigenvalue weighted by Crippen LogP contribution is 2.22. The highest BCUT2D eigenvalue weighted by Gasteiger charge is 2.20. The topological polar surface area (TPSA) is 52.6 Å². The molecule has 1 saturated heterocycles. The van der Waals surface area contributed by atoms with Gasteiger partial charge in [0.1, 0.15) is 5.82 Å². The Morgan fingerprint density at radius 1 is 1.12 bits per heavy atom. The van der Waals surface area contributed by atoms with Gasteiger partial charge in [-0.2, -0.15) is 4.98 Å². The SMILES string of the molecule is Cc1cc(N(Cc2ccccc2)C(C)C)nc(N2CCN(C=O)CC2)n1. The van der Waals surface area contributed by atoms with Gasteiger partial charge >= 0.3 is 0 Å². The van der Waals surface area contributed by atoms with Crippen LogP contribution >= 0.6 is 0 Å². The fourth-order valence-electron chi connectivity index (χ4n) is 3.16. The molecule has 0 saturated carbocycles. The van der Waals surface area contributed by atoms with E-state index in [4.69, 9.17) is 4.98 Å². The van der Waals surface area contributed by atoms with Gasteiger partial charge in [-0.25, -0.2) is 4.98 Å². The lowest BCUT2D eigenvalue weighted by atomic mass is 10.2. The minimum atomic E-state index is 0.323. The third-order valence-corrected chi connectivity index (χ3v) is 4.69. The number of hydrogen-bond acceptors (Lipinski definition) is 5. The van der Waals surface area contributed by atoms with Gasteiger partial charge in [0.25, 0.3) is 0 Å². The van der Waals surface area contributed by atoms with Crippen LogP contribution in [0.25, 0.3) is 0 Å². The van der Waals surface area contributed by atoms with E-state index in [0.717, 1.165) is 43.5 Å². The highest BCUT2D eigenvalue weighted by atomic mass is 16.1. The second-order valence-electron chi connectivity index (χ2n) is 7.00. The monoisotopic (exact) mass is 353 g/mol. The van der Waals surface area contributed by atoms with Crippen LogP contribution < -0.4 is 9.80 Å². The fraction of sp³-hybridized carbons (Fsp3) is 0.450. The molecule has 1 aliphatic heterocycles. The van der Waals surface area contributed by atoms with E-state index in [1.807, 2.05) is 19.1 Å². The molecule has 0 atom stereocenters. The minimum absolute atomic E-state index is 0.323. The Labute approximate surface area is 155 Å². The van der Waals surface area contributed by atoms with Crippen molar-refractivity contribution in [1.82, 2.24) is 14.9 Å². The molecule has 0 N–H and O–H groups in total. The van der Waals surface area contributed by atoms with E-state index in [-0.39, 0.29) is 0 Å². The van der Waals surface area contributed by atoms with Crippen LogP contribution in [-0.4, -0.2) is 53.5 Å². The Morgan fingerprint density at radius 3 is 2.42 bits per heavy atom. The first kappa shape index (κ1) is 18.2. The average Bonchev–Trinajstić information content (AvgIpc) is 2.66. The second kappa shape index (κ2) is 8.17. The molecule has 3 rings (SSSR count). The number of carbonyl (C=O) groups is 1. The standard InChI is InChI=1S/C20H27N5O/c1-16(2)25(14-18-7-5-4-6-8-18)19-13-17(3)21-20(22-19)24-11-9-23(15-26)10-12-24/h4-8,13,15-16H,9-12,14H2,1-3H3. The van der Waals surface area contributed by atoms with Crippen molar-refractivity contribution >= 4 is 18.2 Å². The molecule has 1 aliphatic rings. The van der Waals surface area contributed by atoms with Crippen LogP contribution in [0.5, 0.6) is 0 Å². The second-order valence-corrected chi connectivity index (χ2v) is 7.00. The molecule has 0 radical (unpaired) electrons. The average molecular weight is 353 g/mol. The Kier molecular flexibility index (Phi) is 5.71. The van der Waals surface area contributed by atoms with Crippen molar-refractivity contribution in [3.63, 3.8) is 0 Å². The molecule has 1 fully saturated rings. The Bertz CT molecular complexity index is 726. The molecule has 0 spiro atoms. The van der Waals surface area contributed by atoms with E-state index in [2.05, 4.69) is 52.9 Å². The van der Waals surface area contributed by atoms with E-state index in [1.54, 1.807) is 4.90 Å². The predicted molar refractivity (Wildman–Crippen MR) is 104 cm³/mol. The number of aryl methyl sites for hydroxylation is 1. The normalized spacial score (nSPS) is 14.6. The maximum absolute atomic E-state index is 10.9. The summed E-state index contributed by atoms with van der Waals surface area (Å²) < 4.78 is 0. The van der Waals surface area contributed by atoms with Crippen LogP contribution in [0.2, 0.25) is 0 Å². The number of benzene rings is 1. The number of amides is 1. The first-order valence-corrected chi connectivity index (χ1v) is 9.17.